The van der Waals surface area contributed by atoms with Crippen molar-refractivity contribution in [1.29, 1.82) is 0 Å². The van der Waals surface area contributed by atoms with E-state index in [0.717, 1.165) is 12.8 Å². The highest BCUT2D eigenvalue weighted by atomic mass is 35.5. The van der Waals surface area contributed by atoms with Gasteiger partial charge in [-0.05, 0) is 56.2 Å². The number of thioether (sulfide) groups is 1. The summed E-state index contributed by atoms with van der Waals surface area (Å²) in [4.78, 5) is 12.5. The Labute approximate surface area is 171 Å². The van der Waals surface area contributed by atoms with Gasteiger partial charge in [-0.3, -0.25) is 9.36 Å². The molecule has 1 amide bonds. The zero-order valence-corrected chi connectivity index (χ0v) is 16.7. The van der Waals surface area contributed by atoms with Crippen molar-refractivity contribution in [3.63, 3.8) is 0 Å². The number of carbonyl (C=O) groups is 1. The number of amides is 1. The number of hydrogen-bond acceptors (Lipinski definition) is 4. The molecule has 1 atom stereocenters. The Morgan fingerprint density at radius 2 is 1.93 bits per heavy atom. The lowest BCUT2D eigenvalue weighted by molar-refractivity contribution is -0.115. The summed E-state index contributed by atoms with van der Waals surface area (Å²) in [5.74, 6) is 0.0281. The monoisotopic (exact) mass is 416 g/mol. The fourth-order valence-electron chi connectivity index (χ4n) is 2.83. The van der Waals surface area contributed by atoms with Crippen molar-refractivity contribution in [2.45, 2.75) is 36.2 Å². The number of benzene rings is 2. The van der Waals surface area contributed by atoms with Crippen LogP contribution in [0.1, 0.15) is 25.8 Å². The van der Waals surface area contributed by atoms with Gasteiger partial charge in [0.15, 0.2) is 11.0 Å². The van der Waals surface area contributed by atoms with Gasteiger partial charge in [-0.2, -0.15) is 0 Å². The summed E-state index contributed by atoms with van der Waals surface area (Å²) in [6, 6.07) is 13.7. The maximum Gasteiger partial charge on any atom is 0.237 e. The molecule has 4 rings (SSSR count). The van der Waals surface area contributed by atoms with E-state index in [0.29, 0.717) is 27.3 Å². The third-order valence-electron chi connectivity index (χ3n) is 4.45. The van der Waals surface area contributed by atoms with Crippen molar-refractivity contribution in [2.24, 2.45) is 0 Å². The van der Waals surface area contributed by atoms with Gasteiger partial charge in [0.25, 0.3) is 0 Å². The molecule has 1 N–H and O–H groups in total. The quantitative estimate of drug-likeness (QED) is 0.561. The van der Waals surface area contributed by atoms with Crippen molar-refractivity contribution in [3.8, 4) is 11.4 Å². The van der Waals surface area contributed by atoms with Crippen LogP contribution in [0.15, 0.2) is 53.7 Å². The molecule has 1 fully saturated rings. The first kappa shape index (κ1) is 19.0. The fraction of sp³-hybridized carbons (Fsp3) is 0.250. The Kier molecular flexibility index (Phi) is 5.37. The highest BCUT2D eigenvalue weighted by Crippen LogP contribution is 2.42. The van der Waals surface area contributed by atoms with E-state index in [-0.39, 0.29) is 17.8 Å². The number of carbonyl (C=O) groups excluding carboxylic acids is 1. The van der Waals surface area contributed by atoms with E-state index in [2.05, 4.69) is 15.5 Å². The van der Waals surface area contributed by atoms with E-state index in [1.54, 1.807) is 42.5 Å². The van der Waals surface area contributed by atoms with E-state index in [1.807, 2.05) is 11.5 Å². The van der Waals surface area contributed by atoms with Gasteiger partial charge in [0.05, 0.1) is 10.8 Å². The molecular formula is C20H18ClFN4OS. The average Bonchev–Trinajstić information content (AvgIpc) is 3.44. The number of aromatic nitrogens is 3. The second kappa shape index (κ2) is 7.93. The fourth-order valence-corrected chi connectivity index (χ4v) is 3.88. The molecule has 1 aliphatic carbocycles. The summed E-state index contributed by atoms with van der Waals surface area (Å²) < 4.78 is 16.2. The zero-order valence-electron chi connectivity index (χ0n) is 15.1. The molecule has 144 valence electrons. The number of hydrogen-bond donors (Lipinski definition) is 1. The number of halogens is 2. The zero-order chi connectivity index (χ0) is 19.7. The van der Waals surface area contributed by atoms with Crippen molar-refractivity contribution in [3.05, 3.63) is 59.4 Å². The largest absolute Gasteiger partial charge is 0.325 e. The third-order valence-corrected chi connectivity index (χ3v) is 5.76. The van der Waals surface area contributed by atoms with E-state index >= 15 is 0 Å². The molecule has 0 saturated heterocycles. The minimum atomic E-state index is -0.397. The Morgan fingerprint density at radius 3 is 2.61 bits per heavy atom. The topological polar surface area (TPSA) is 59.8 Å². The summed E-state index contributed by atoms with van der Waals surface area (Å²) in [6.45, 7) is 1.81. The molecule has 0 aliphatic heterocycles. The number of rotatable bonds is 6. The smallest absolute Gasteiger partial charge is 0.237 e. The Hall–Kier alpha value is -2.38. The van der Waals surface area contributed by atoms with Crippen LogP contribution in [-0.4, -0.2) is 25.9 Å². The van der Waals surface area contributed by atoms with Crippen LogP contribution in [0.2, 0.25) is 5.02 Å². The number of nitrogens with zero attached hydrogens (tertiary/aromatic N) is 3. The van der Waals surface area contributed by atoms with Crippen LogP contribution < -0.4 is 5.32 Å². The van der Waals surface area contributed by atoms with Crippen LogP contribution in [0.5, 0.6) is 0 Å². The van der Waals surface area contributed by atoms with Crippen LogP contribution in [0.25, 0.3) is 11.4 Å². The molecule has 0 bridgehead atoms. The molecule has 5 nitrogen and oxygen atoms in total. The third kappa shape index (κ3) is 4.05. The summed E-state index contributed by atoms with van der Waals surface area (Å²) >= 11 is 7.19. The van der Waals surface area contributed by atoms with Gasteiger partial charge in [0.1, 0.15) is 5.82 Å². The first-order chi connectivity index (χ1) is 13.5. The molecule has 0 spiro atoms. The molecule has 1 aromatic heterocycles. The predicted octanol–water partition coefficient (Wildman–Crippen LogP) is 5.19. The predicted molar refractivity (Wildman–Crippen MR) is 109 cm³/mol. The maximum atomic E-state index is 14.2. The molecule has 1 aliphatic rings. The molecule has 1 saturated carbocycles. The molecule has 3 aromatic rings. The van der Waals surface area contributed by atoms with Gasteiger partial charge in [-0.25, -0.2) is 4.39 Å². The normalized spacial score (nSPS) is 14.7. The van der Waals surface area contributed by atoms with Gasteiger partial charge < -0.3 is 5.32 Å². The van der Waals surface area contributed by atoms with Crippen LogP contribution in [0.3, 0.4) is 0 Å². The SMILES string of the molecule is CC(Sc1nnc(-c2ccccc2F)n1C1CC1)C(=O)Nc1ccc(Cl)cc1. The van der Waals surface area contributed by atoms with Crippen molar-refractivity contribution >= 4 is 35.0 Å². The van der Waals surface area contributed by atoms with Gasteiger partial charge in [-0.15, -0.1) is 10.2 Å². The van der Waals surface area contributed by atoms with Crippen LogP contribution >= 0.6 is 23.4 Å². The van der Waals surface area contributed by atoms with Gasteiger partial charge in [0, 0.05) is 16.8 Å². The summed E-state index contributed by atoms with van der Waals surface area (Å²) in [7, 11) is 0. The molecule has 1 unspecified atom stereocenters. The van der Waals surface area contributed by atoms with Gasteiger partial charge in [-0.1, -0.05) is 35.5 Å². The molecule has 2 aromatic carbocycles. The molecule has 0 radical (unpaired) electrons. The standard InChI is InChI=1S/C20H18ClFN4OS/c1-12(19(27)23-14-8-6-13(21)7-9-14)28-20-25-24-18(26(20)15-10-11-15)16-4-2-3-5-17(16)22/h2-9,12,15H,10-11H2,1H3,(H,23,27). The average molecular weight is 417 g/mol. The Morgan fingerprint density at radius 1 is 1.21 bits per heavy atom. The minimum Gasteiger partial charge on any atom is -0.325 e. The minimum absolute atomic E-state index is 0.148. The second-order valence-electron chi connectivity index (χ2n) is 6.64. The van der Waals surface area contributed by atoms with Crippen molar-refractivity contribution < 1.29 is 9.18 Å². The van der Waals surface area contributed by atoms with Crippen molar-refractivity contribution in [1.82, 2.24) is 14.8 Å². The molecule has 1 heterocycles. The summed E-state index contributed by atoms with van der Waals surface area (Å²) in [5.41, 5.74) is 1.10. The van der Waals surface area contributed by atoms with E-state index < -0.39 is 5.25 Å². The van der Waals surface area contributed by atoms with Gasteiger partial charge in [0.2, 0.25) is 5.91 Å². The highest BCUT2D eigenvalue weighted by molar-refractivity contribution is 8.00. The van der Waals surface area contributed by atoms with E-state index in [4.69, 9.17) is 11.6 Å². The van der Waals surface area contributed by atoms with E-state index in [9.17, 15) is 9.18 Å². The second-order valence-corrected chi connectivity index (χ2v) is 8.39. The lowest BCUT2D eigenvalue weighted by Gasteiger charge is -2.13. The summed E-state index contributed by atoms with van der Waals surface area (Å²) in [6.07, 6.45) is 2.00. The number of nitrogens with one attached hydrogen (secondary N) is 1. The summed E-state index contributed by atoms with van der Waals surface area (Å²) in [5, 5.41) is 12.2. The highest BCUT2D eigenvalue weighted by Gasteiger charge is 2.32. The molecule has 8 heteroatoms. The van der Waals surface area contributed by atoms with Crippen LogP contribution in [0, 0.1) is 5.82 Å². The van der Waals surface area contributed by atoms with Gasteiger partial charge >= 0.3 is 0 Å². The maximum absolute atomic E-state index is 14.2. The Bertz CT molecular complexity index is 1000. The van der Waals surface area contributed by atoms with Crippen LogP contribution in [-0.2, 0) is 4.79 Å². The number of anilines is 1. The lowest BCUT2D eigenvalue weighted by Crippen LogP contribution is -2.22. The lowest BCUT2D eigenvalue weighted by atomic mass is 10.2. The first-order valence-electron chi connectivity index (χ1n) is 8.96. The molecule has 28 heavy (non-hydrogen) atoms. The van der Waals surface area contributed by atoms with Crippen LogP contribution in [0.4, 0.5) is 10.1 Å². The van der Waals surface area contributed by atoms with Crippen molar-refractivity contribution in [2.75, 3.05) is 5.32 Å². The molecular weight excluding hydrogens is 399 g/mol. The van der Waals surface area contributed by atoms with E-state index in [1.165, 1.54) is 17.8 Å². The Balaban J connectivity index is 1.54. The first-order valence-corrected chi connectivity index (χ1v) is 10.2.